The van der Waals surface area contributed by atoms with E-state index in [1.807, 2.05) is 0 Å². The predicted octanol–water partition coefficient (Wildman–Crippen LogP) is 0.605. The molecular formula is C9H9F3N2O3. The smallest absolute Gasteiger partial charge is 0.390 e. The van der Waals surface area contributed by atoms with E-state index in [-0.39, 0.29) is 0 Å². The standard InChI is InChI=1S/C9H9F3N2O3/c10-9(11,12)2-4-14-3-1-5(7(13)16)6(15)8(14)17/h1,3,15H,2,4H2,(H2,13,16). The van der Waals surface area contributed by atoms with Crippen molar-refractivity contribution in [3.05, 3.63) is 28.2 Å². The molecule has 3 N–H and O–H groups in total. The Kier molecular flexibility index (Phi) is 3.45. The molecule has 0 aliphatic heterocycles. The minimum Gasteiger partial charge on any atom is -0.502 e. The van der Waals surface area contributed by atoms with Gasteiger partial charge in [0, 0.05) is 12.7 Å². The lowest BCUT2D eigenvalue weighted by molar-refractivity contribution is -0.136. The van der Waals surface area contributed by atoms with Crippen LogP contribution < -0.4 is 11.3 Å². The molecule has 17 heavy (non-hydrogen) atoms. The van der Waals surface area contributed by atoms with Gasteiger partial charge in [0.05, 0.1) is 12.0 Å². The summed E-state index contributed by atoms with van der Waals surface area (Å²) in [6.07, 6.45) is -4.63. The van der Waals surface area contributed by atoms with E-state index in [1.165, 1.54) is 0 Å². The molecule has 94 valence electrons. The molecule has 0 aliphatic carbocycles. The molecule has 0 bridgehead atoms. The van der Waals surface area contributed by atoms with Crippen LogP contribution in [0.15, 0.2) is 17.1 Å². The average Bonchev–Trinajstić information content (AvgIpc) is 2.18. The highest BCUT2D eigenvalue weighted by atomic mass is 19.4. The van der Waals surface area contributed by atoms with Crippen molar-refractivity contribution in [3.63, 3.8) is 0 Å². The molecule has 8 heteroatoms. The molecule has 0 aliphatic rings. The van der Waals surface area contributed by atoms with Gasteiger partial charge < -0.3 is 15.4 Å². The number of nitrogens with zero attached hydrogens (tertiary/aromatic N) is 1. The Bertz CT molecular complexity index is 493. The number of hydrogen-bond donors (Lipinski definition) is 2. The lowest BCUT2D eigenvalue weighted by Gasteiger charge is -2.09. The molecule has 0 saturated carbocycles. The molecule has 0 unspecified atom stereocenters. The van der Waals surface area contributed by atoms with Crippen molar-refractivity contribution in [1.29, 1.82) is 0 Å². The molecule has 0 atom stereocenters. The molecule has 0 radical (unpaired) electrons. The van der Waals surface area contributed by atoms with Gasteiger partial charge >= 0.3 is 6.18 Å². The third-order valence-corrected chi connectivity index (χ3v) is 2.04. The molecule has 0 fully saturated rings. The zero-order valence-corrected chi connectivity index (χ0v) is 8.49. The van der Waals surface area contributed by atoms with Gasteiger partial charge in [-0.25, -0.2) is 0 Å². The van der Waals surface area contributed by atoms with E-state index in [4.69, 9.17) is 5.73 Å². The van der Waals surface area contributed by atoms with Crippen LogP contribution >= 0.6 is 0 Å². The maximum atomic E-state index is 11.9. The Morgan fingerprint density at radius 1 is 1.47 bits per heavy atom. The Morgan fingerprint density at radius 3 is 2.53 bits per heavy atom. The van der Waals surface area contributed by atoms with Crippen LogP contribution in [0.2, 0.25) is 0 Å². The summed E-state index contributed by atoms with van der Waals surface area (Å²) in [5.74, 6) is -1.97. The van der Waals surface area contributed by atoms with Crippen LogP contribution in [0, 0.1) is 0 Å². The Labute approximate surface area is 93.3 Å². The number of hydrogen-bond acceptors (Lipinski definition) is 3. The number of aromatic nitrogens is 1. The summed E-state index contributed by atoms with van der Waals surface area (Å²) in [6, 6.07) is 0.995. The van der Waals surface area contributed by atoms with Crippen LogP contribution in [0.3, 0.4) is 0 Å². The highest BCUT2D eigenvalue weighted by Gasteiger charge is 2.27. The molecule has 5 nitrogen and oxygen atoms in total. The topological polar surface area (TPSA) is 85.3 Å². The van der Waals surface area contributed by atoms with Gasteiger partial charge in [0.25, 0.3) is 11.5 Å². The van der Waals surface area contributed by atoms with Crippen molar-refractivity contribution in [2.75, 3.05) is 0 Å². The first-order chi connectivity index (χ1) is 7.72. The number of carbonyl (C=O) groups is 1. The van der Waals surface area contributed by atoms with Crippen molar-refractivity contribution in [2.24, 2.45) is 5.73 Å². The third kappa shape index (κ3) is 3.23. The number of halogens is 3. The van der Waals surface area contributed by atoms with Crippen LogP contribution in [0.25, 0.3) is 0 Å². The molecule has 0 aromatic carbocycles. The number of amides is 1. The number of rotatable bonds is 3. The number of aromatic hydroxyl groups is 1. The van der Waals surface area contributed by atoms with Gasteiger partial charge in [-0.1, -0.05) is 0 Å². The summed E-state index contributed by atoms with van der Waals surface area (Å²) in [5, 5.41) is 9.26. The van der Waals surface area contributed by atoms with E-state index >= 15 is 0 Å². The van der Waals surface area contributed by atoms with Gasteiger partial charge in [-0.15, -0.1) is 0 Å². The number of aryl methyl sites for hydroxylation is 1. The molecule has 1 amide bonds. The SMILES string of the molecule is NC(=O)c1ccn(CCC(F)(F)F)c(=O)c1O. The molecule has 1 aromatic rings. The third-order valence-electron chi connectivity index (χ3n) is 2.04. The monoisotopic (exact) mass is 250 g/mol. The van der Waals surface area contributed by atoms with Gasteiger partial charge in [-0.05, 0) is 6.07 Å². The lowest BCUT2D eigenvalue weighted by atomic mass is 10.2. The molecule has 0 saturated heterocycles. The quantitative estimate of drug-likeness (QED) is 0.823. The predicted molar refractivity (Wildman–Crippen MR) is 51.6 cm³/mol. The second-order valence-electron chi connectivity index (χ2n) is 3.31. The Balaban J connectivity index is 3.02. The summed E-state index contributed by atoms with van der Waals surface area (Å²) in [4.78, 5) is 22.1. The first-order valence-electron chi connectivity index (χ1n) is 4.51. The van der Waals surface area contributed by atoms with Crippen molar-refractivity contribution in [1.82, 2.24) is 4.57 Å². The zero-order chi connectivity index (χ0) is 13.2. The van der Waals surface area contributed by atoms with Gasteiger partial charge in [-0.2, -0.15) is 13.2 Å². The van der Waals surface area contributed by atoms with Gasteiger partial charge in [0.1, 0.15) is 0 Å². The fraction of sp³-hybridized carbons (Fsp3) is 0.333. The maximum Gasteiger partial charge on any atom is 0.390 e. The largest absolute Gasteiger partial charge is 0.502 e. The normalized spacial score (nSPS) is 11.5. The van der Waals surface area contributed by atoms with E-state index in [1.54, 1.807) is 0 Å². The molecule has 1 heterocycles. The highest BCUT2D eigenvalue weighted by Crippen LogP contribution is 2.20. The van der Waals surface area contributed by atoms with E-state index in [0.717, 1.165) is 12.3 Å². The average molecular weight is 250 g/mol. The maximum absolute atomic E-state index is 11.9. The minimum absolute atomic E-state index is 0.418. The molecular weight excluding hydrogens is 241 g/mol. The lowest BCUT2D eigenvalue weighted by Crippen LogP contribution is -2.25. The van der Waals surface area contributed by atoms with Crippen molar-refractivity contribution in [2.45, 2.75) is 19.1 Å². The summed E-state index contributed by atoms with van der Waals surface area (Å²) >= 11 is 0. The van der Waals surface area contributed by atoms with E-state index < -0.39 is 41.9 Å². The van der Waals surface area contributed by atoms with Crippen molar-refractivity contribution in [3.8, 4) is 5.75 Å². The first kappa shape index (κ1) is 13.1. The summed E-state index contributed by atoms with van der Waals surface area (Å²) in [6.45, 7) is -0.630. The summed E-state index contributed by atoms with van der Waals surface area (Å²) in [5.41, 5.74) is 3.35. The zero-order valence-electron chi connectivity index (χ0n) is 8.49. The van der Waals surface area contributed by atoms with Crippen LogP contribution in [-0.2, 0) is 6.54 Å². The Hall–Kier alpha value is -1.99. The van der Waals surface area contributed by atoms with Gasteiger partial charge in [0.15, 0.2) is 5.75 Å². The van der Waals surface area contributed by atoms with Crippen LogP contribution in [-0.4, -0.2) is 21.8 Å². The highest BCUT2D eigenvalue weighted by molar-refractivity contribution is 5.95. The van der Waals surface area contributed by atoms with Crippen molar-refractivity contribution < 1.29 is 23.1 Å². The second kappa shape index (κ2) is 4.48. The van der Waals surface area contributed by atoms with E-state index in [0.29, 0.717) is 4.57 Å². The van der Waals surface area contributed by atoms with Crippen molar-refractivity contribution >= 4 is 5.91 Å². The first-order valence-corrected chi connectivity index (χ1v) is 4.51. The van der Waals surface area contributed by atoms with Crippen LogP contribution in [0.1, 0.15) is 16.8 Å². The molecule has 0 spiro atoms. The summed E-state index contributed by atoms with van der Waals surface area (Å²) in [7, 11) is 0. The molecule has 1 rings (SSSR count). The van der Waals surface area contributed by atoms with E-state index in [2.05, 4.69) is 0 Å². The van der Waals surface area contributed by atoms with Gasteiger partial charge in [0.2, 0.25) is 0 Å². The number of carbonyl (C=O) groups excluding carboxylic acids is 1. The number of primary amides is 1. The van der Waals surface area contributed by atoms with E-state index in [9.17, 15) is 27.9 Å². The second-order valence-corrected chi connectivity index (χ2v) is 3.31. The summed E-state index contributed by atoms with van der Waals surface area (Å²) < 4.78 is 36.4. The number of alkyl halides is 3. The fourth-order valence-electron chi connectivity index (χ4n) is 1.18. The van der Waals surface area contributed by atoms with Crippen LogP contribution in [0.4, 0.5) is 13.2 Å². The van der Waals surface area contributed by atoms with Gasteiger partial charge in [-0.3, -0.25) is 9.59 Å². The molecule has 1 aromatic heterocycles. The number of nitrogens with two attached hydrogens (primary N) is 1. The van der Waals surface area contributed by atoms with Crippen LogP contribution in [0.5, 0.6) is 5.75 Å². The Morgan fingerprint density at radius 2 is 2.06 bits per heavy atom. The number of pyridine rings is 1. The fourth-order valence-corrected chi connectivity index (χ4v) is 1.18. The minimum atomic E-state index is -4.41.